The summed E-state index contributed by atoms with van der Waals surface area (Å²) in [4.78, 5) is 16.3. The Bertz CT molecular complexity index is 989. The van der Waals surface area contributed by atoms with E-state index in [0.29, 0.717) is 16.8 Å². The van der Waals surface area contributed by atoms with E-state index in [-0.39, 0.29) is 17.7 Å². The number of nitrogens with one attached hydrogen (secondary N) is 1. The van der Waals surface area contributed by atoms with Gasteiger partial charge in [0.2, 0.25) is 0 Å². The Hall–Kier alpha value is -2.36. The first-order valence-electron chi connectivity index (χ1n) is 7.99. The molecule has 4 nitrogen and oxygen atoms in total. The van der Waals surface area contributed by atoms with Crippen LogP contribution in [0.4, 0.5) is 24.5 Å². The molecule has 0 aliphatic rings. The molecule has 2 aromatic carbocycles. The van der Waals surface area contributed by atoms with Gasteiger partial charge in [-0.15, -0.1) is 0 Å². The predicted octanol–water partition coefficient (Wildman–Crippen LogP) is 5.78. The summed E-state index contributed by atoms with van der Waals surface area (Å²) >= 11 is 2.16. The van der Waals surface area contributed by atoms with Crippen LogP contribution in [0.5, 0.6) is 0 Å². The summed E-state index contributed by atoms with van der Waals surface area (Å²) in [7, 11) is 0. The molecule has 1 heterocycles. The topological polar surface area (TPSA) is 51.2 Å². The molecule has 0 aliphatic heterocycles. The molecule has 0 amide bonds. The van der Waals surface area contributed by atoms with E-state index in [1.807, 2.05) is 24.3 Å². The molecular formula is C19H14F3IN2O2. The van der Waals surface area contributed by atoms with Crippen molar-refractivity contribution < 1.29 is 22.7 Å². The number of hydrogen-bond donors (Lipinski definition) is 1. The zero-order valence-corrected chi connectivity index (χ0v) is 16.3. The molecule has 27 heavy (non-hydrogen) atoms. The molecule has 0 fully saturated rings. The molecular weight excluding hydrogens is 472 g/mol. The normalized spacial score (nSPS) is 11.4. The van der Waals surface area contributed by atoms with Gasteiger partial charge in [0.05, 0.1) is 23.4 Å². The van der Waals surface area contributed by atoms with Crippen LogP contribution in [0.25, 0.3) is 10.9 Å². The molecule has 3 aromatic rings. The average Bonchev–Trinajstić information content (AvgIpc) is 2.62. The predicted molar refractivity (Wildman–Crippen MR) is 105 cm³/mol. The van der Waals surface area contributed by atoms with Crippen LogP contribution < -0.4 is 5.32 Å². The van der Waals surface area contributed by atoms with Gasteiger partial charge in [0.1, 0.15) is 5.56 Å². The molecule has 8 heteroatoms. The number of carbonyl (C=O) groups is 1. The maximum atomic E-state index is 13.0. The lowest BCUT2D eigenvalue weighted by molar-refractivity contribution is -0.137. The lowest BCUT2D eigenvalue weighted by Gasteiger charge is -2.15. The Morgan fingerprint density at radius 2 is 1.89 bits per heavy atom. The van der Waals surface area contributed by atoms with Crippen molar-refractivity contribution in [1.29, 1.82) is 0 Å². The molecule has 1 aromatic heterocycles. The number of esters is 1. The summed E-state index contributed by atoms with van der Waals surface area (Å²) in [6.07, 6.45) is -3.24. The summed E-state index contributed by atoms with van der Waals surface area (Å²) in [6.45, 7) is 1.85. The van der Waals surface area contributed by atoms with Gasteiger partial charge >= 0.3 is 12.1 Å². The van der Waals surface area contributed by atoms with E-state index in [2.05, 4.69) is 32.9 Å². The number of ether oxygens (including phenoxy) is 1. The van der Waals surface area contributed by atoms with Crippen LogP contribution in [0.2, 0.25) is 0 Å². The third-order valence-electron chi connectivity index (χ3n) is 3.81. The fourth-order valence-electron chi connectivity index (χ4n) is 2.55. The number of carbonyl (C=O) groups excluding carboxylic acids is 1. The van der Waals surface area contributed by atoms with E-state index < -0.39 is 17.7 Å². The maximum Gasteiger partial charge on any atom is 0.416 e. The quantitative estimate of drug-likeness (QED) is 0.376. The Kier molecular flexibility index (Phi) is 5.54. The number of alkyl halides is 3. The molecule has 0 saturated heterocycles. The molecule has 0 spiro atoms. The highest BCUT2D eigenvalue weighted by Crippen LogP contribution is 2.35. The fraction of sp³-hybridized carbons (Fsp3) is 0.158. The lowest BCUT2D eigenvalue weighted by atomic mass is 10.1. The minimum Gasteiger partial charge on any atom is -0.462 e. The highest BCUT2D eigenvalue weighted by atomic mass is 127. The molecule has 0 atom stereocenters. The largest absolute Gasteiger partial charge is 0.462 e. The SMILES string of the molecule is CCOC(=O)c1cnc2cc(C(F)(F)F)ccc2c1Nc1ccc(I)cc1. The molecule has 0 bridgehead atoms. The summed E-state index contributed by atoms with van der Waals surface area (Å²) in [5.41, 5.74) is 0.530. The van der Waals surface area contributed by atoms with Crippen LogP contribution in [-0.2, 0) is 10.9 Å². The van der Waals surface area contributed by atoms with Crippen molar-refractivity contribution in [2.45, 2.75) is 13.1 Å². The van der Waals surface area contributed by atoms with Crippen molar-refractivity contribution in [3.63, 3.8) is 0 Å². The van der Waals surface area contributed by atoms with Gasteiger partial charge in [-0.05, 0) is 65.9 Å². The minimum atomic E-state index is -4.47. The zero-order chi connectivity index (χ0) is 19.6. The monoisotopic (exact) mass is 486 g/mol. The summed E-state index contributed by atoms with van der Waals surface area (Å²) < 4.78 is 45.1. The minimum absolute atomic E-state index is 0.130. The molecule has 0 radical (unpaired) electrons. The number of halogens is 4. The highest BCUT2D eigenvalue weighted by Gasteiger charge is 2.31. The van der Waals surface area contributed by atoms with E-state index >= 15 is 0 Å². The van der Waals surface area contributed by atoms with Crippen LogP contribution in [0, 0.1) is 3.57 Å². The standard InChI is InChI=1S/C19H14F3IN2O2/c1-2-27-18(26)15-10-24-16-9-11(19(20,21)22)3-8-14(16)17(15)25-13-6-4-12(23)5-7-13/h3-10H,2H2,1H3,(H,24,25). The van der Waals surface area contributed by atoms with Crippen LogP contribution in [0.1, 0.15) is 22.8 Å². The summed E-state index contributed by atoms with van der Waals surface area (Å²) in [5, 5.41) is 3.51. The van der Waals surface area contributed by atoms with Crippen LogP contribution in [-0.4, -0.2) is 17.6 Å². The Morgan fingerprint density at radius 1 is 1.19 bits per heavy atom. The summed E-state index contributed by atoms with van der Waals surface area (Å²) in [6, 6.07) is 10.6. The molecule has 3 rings (SSSR count). The Balaban J connectivity index is 2.16. The van der Waals surface area contributed by atoms with Crippen LogP contribution in [0.3, 0.4) is 0 Å². The zero-order valence-electron chi connectivity index (χ0n) is 14.1. The van der Waals surface area contributed by atoms with E-state index in [1.54, 1.807) is 6.92 Å². The number of pyridine rings is 1. The van der Waals surface area contributed by atoms with E-state index in [9.17, 15) is 18.0 Å². The van der Waals surface area contributed by atoms with Crippen molar-refractivity contribution in [2.24, 2.45) is 0 Å². The number of rotatable bonds is 4. The van der Waals surface area contributed by atoms with Crippen molar-refractivity contribution in [2.75, 3.05) is 11.9 Å². The Morgan fingerprint density at radius 3 is 2.52 bits per heavy atom. The van der Waals surface area contributed by atoms with E-state index in [1.165, 1.54) is 12.3 Å². The number of nitrogens with zero attached hydrogens (tertiary/aromatic N) is 1. The van der Waals surface area contributed by atoms with Gasteiger partial charge in [-0.1, -0.05) is 6.07 Å². The molecule has 1 N–H and O–H groups in total. The van der Waals surface area contributed by atoms with Gasteiger partial charge < -0.3 is 10.1 Å². The number of fused-ring (bicyclic) bond motifs is 1. The second-order valence-electron chi connectivity index (χ2n) is 5.63. The number of benzene rings is 2. The van der Waals surface area contributed by atoms with Crippen LogP contribution in [0.15, 0.2) is 48.7 Å². The second kappa shape index (κ2) is 7.71. The first-order valence-corrected chi connectivity index (χ1v) is 9.07. The van der Waals surface area contributed by atoms with Gasteiger partial charge in [-0.3, -0.25) is 4.98 Å². The van der Waals surface area contributed by atoms with Gasteiger partial charge in [0, 0.05) is 20.8 Å². The van der Waals surface area contributed by atoms with Crippen molar-refractivity contribution in [3.8, 4) is 0 Å². The van der Waals surface area contributed by atoms with E-state index in [4.69, 9.17) is 4.74 Å². The van der Waals surface area contributed by atoms with Crippen molar-refractivity contribution in [3.05, 3.63) is 63.4 Å². The van der Waals surface area contributed by atoms with Gasteiger partial charge in [-0.2, -0.15) is 13.2 Å². The van der Waals surface area contributed by atoms with Gasteiger partial charge in [0.15, 0.2) is 0 Å². The lowest BCUT2D eigenvalue weighted by Crippen LogP contribution is -2.10. The van der Waals surface area contributed by atoms with E-state index in [0.717, 1.165) is 15.7 Å². The smallest absolute Gasteiger partial charge is 0.416 e. The van der Waals surface area contributed by atoms with Gasteiger partial charge in [-0.25, -0.2) is 4.79 Å². The number of aromatic nitrogens is 1. The van der Waals surface area contributed by atoms with Crippen molar-refractivity contribution in [1.82, 2.24) is 4.98 Å². The number of hydrogen-bond acceptors (Lipinski definition) is 4. The molecule has 0 unspecified atom stereocenters. The fourth-order valence-corrected chi connectivity index (χ4v) is 2.91. The van der Waals surface area contributed by atoms with Crippen LogP contribution >= 0.6 is 22.6 Å². The second-order valence-corrected chi connectivity index (χ2v) is 6.87. The molecule has 0 saturated carbocycles. The van der Waals surface area contributed by atoms with Crippen molar-refractivity contribution >= 4 is 50.8 Å². The number of anilines is 2. The maximum absolute atomic E-state index is 13.0. The van der Waals surface area contributed by atoms with Gasteiger partial charge in [0.25, 0.3) is 0 Å². The average molecular weight is 486 g/mol. The summed E-state index contributed by atoms with van der Waals surface area (Å²) in [5.74, 6) is -0.597. The third-order valence-corrected chi connectivity index (χ3v) is 4.52. The molecule has 140 valence electrons. The Labute approximate surface area is 166 Å². The molecule has 0 aliphatic carbocycles. The third kappa shape index (κ3) is 4.32. The highest BCUT2D eigenvalue weighted by molar-refractivity contribution is 14.1. The first kappa shape index (κ1) is 19.4. The first-order chi connectivity index (χ1) is 12.8.